The molecule has 0 spiro atoms. The summed E-state index contributed by atoms with van der Waals surface area (Å²) in [6, 6.07) is 1.54. The van der Waals surface area contributed by atoms with Crippen molar-refractivity contribution in [2.45, 2.75) is 32.5 Å². The molecule has 116 valence electrons. The number of benzene rings is 1. The molecule has 1 amide bonds. The van der Waals surface area contributed by atoms with Crippen LogP contribution >= 0.6 is 0 Å². The lowest BCUT2D eigenvalue weighted by molar-refractivity contribution is -0.0223. The third kappa shape index (κ3) is 3.80. The van der Waals surface area contributed by atoms with E-state index >= 15 is 0 Å². The molecule has 1 heterocycles. The van der Waals surface area contributed by atoms with Gasteiger partial charge in [0.1, 0.15) is 17.5 Å². The van der Waals surface area contributed by atoms with Crippen molar-refractivity contribution >= 4 is 6.09 Å². The molecule has 0 unspecified atom stereocenters. The van der Waals surface area contributed by atoms with Crippen LogP contribution in [0.2, 0.25) is 0 Å². The summed E-state index contributed by atoms with van der Waals surface area (Å²) in [6.45, 7) is 5.75. The summed E-state index contributed by atoms with van der Waals surface area (Å²) in [5, 5.41) is 0. The van der Waals surface area contributed by atoms with Gasteiger partial charge < -0.3 is 14.4 Å². The summed E-state index contributed by atoms with van der Waals surface area (Å²) >= 11 is 0. The van der Waals surface area contributed by atoms with Gasteiger partial charge >= 0.3 is 6.09 Å². The van der Waals surface area contributed by atoms with E-state index in [2.05, 4.69) is 0 Å². The van der Waals surface area contributed by atoms with Crippen LogP contribution in [0.4, 0.5) is 18.0 Å². The number of carbonyl (C=O) groups excluding carboxylic acids is 1. The minimum atomic E-state index is -1.54. The van der Waals surface area contributed by atoms with E-state index < -0.39 is 35.2 Å². The predicted octanol–water partition coefficient (Wildman–Crippen LogP) is 3.10. The maximum Gasteiger partial charge on any atom is 0.410 e. The number of halogens is 3. The SMILES string of the molecule is CC(C)(C)OC(=O)N1CC(Oc2cc(F)c(F)c(F)c2)C1. The lowest BCUT2D eigenvalue weighted by Gasteiger charge is -2.39. The molecule has 1 aromatic carbocycles. The fraction of sp³-hybridized carbons (Fsp3) is 0.500. The second-order valence-corrected chi connectivity index (χ2v) is 5.83. The van der Waals surface area contributed by atoms with E-state index in [1.165, 1.54) is 4.90 Å². The standard InChI is InChI=1S/C14H16F3NO3/c1-14(2,3)21-13(19)18-6-9(7-18)20-8-4-10(15)12(17)11(16)5-8/h4-5,9H,6-7H2,1-3H3. The first kappa shape index (κ1) is 15.5. The zero-order valence-electron chi connectivity index (χ0n) is 12.0. The number of hydrogen-bond donors (Lipinski definition) is 0. The molecule has 1 aliphatic heterocycles. The number of nitrogens with zero attached hydrogens (tertiary/aromatic N) is 1. The third-order valence-electron chi connectivity index (χ3n) is 2.76. The Morgan fingerprint density at radius 3 is 2.19 bits per heavy atom. The van der Waals surface area contributed by atoms with Gasteiger partial charge in [-0.2, -0.15) is 0 Å². The molecule has 0 bridgehead atoms. The molecule has 21 heavy (non-hydrogen) atoms. The molecule has 7 heteroatoms. The number of carbonyl (C=O) groups is 1. The Morgan fingerprint density at radius 1 is 1.19 bits per heavy atom. The Bertz CT molecular complexity index is 528. The van der Waals surface area contributed by atoms with E-state index in [9.17, 15) is 18.0 Å². The van der Waals surface area contributed by atoms with Crippen LogP contribution < -0.4 is 4.74 Å². The highest BCUT2D eigenvalue weighted by molar-refractivity contribution is 5.69. The molecule has 1 fully saturated rings. The minimum absolute atomic E-state index is 0.111. The molecule has 1 aromatic rings. The summed E-state index contributed by atoms with van der Waals surface area (Å²) < 4.78 is 49.3. The fourth-order valence-corrected chi connectivity index (χ4v) is 1.78. The zero-order valence-corrected chi connectivity index (χ0v) is 12.0. The van der Waals surface area contributed by atoms with E-state index in [1.807, 2.05) is 0 Å². The number of amides is 1. The Balaban J connectivity index is 1.87. The average molecular weight is 303 g/mol. The van der Waals surface area contributed by atoms with Crippen molar-refractivity contribution in [3.63, 3.8) is 0 Å². The van der Waals surface area contributed by atoms with Gasteiger partial charge in [0.2, 0.25) is 0 Å². The second kappa shape index (κ2) is 5.46. The topological polar surface area (TPSA) is 38.8 Å². The minimum Gasteiger partial charge on any atom is -0.486 e. The monoisotopic (exact) mass is 303 g/mol. The third-order valence-corrected chi connectivity index (χ3v) is 2.76. The molecule has 0 aromatic heterocycles. The van der Waals surface area contributed by atoms with Crippen molar-refractivity contribution < 1.29 is 27.4 Å². The van der Waals surface area contributed by atoms with Crippen LogP contribution in [0.3, 0.4) is 0 Å². The molecular weight excluding hydrogens is 287 g/mol. The lowest BCUT2D eigenvalue weighted by atomic mass is 10.1. The van der Waals surface area contributed by atoms with Gasteiger partial charge in [0, 0.05) is 12.1 Å². The van der Waals surface area contributed by atoms with E-state index in [0.29, 0.717) is 0 Å². The molecule has 0 N–H and O–H groups in total. The molecule has 4 nitrogen and oxygen atoms in total. The maximum absolute atomic E-state index is 13.0. The van der Waals surface area contributed by atoms with Crippen LogP contribution in [0.15, 0.2) is 12.1 Å². The Labute approximate surface area is 120 Å². The molecule has 0 saturated carbocycles. The van der Waals surface area contributed by atoms with Gasteiger partial charge in [0.15, 0.2) is 17.5 Å². The van der Waals surface area contributed by atoms with Crippen molar-refractivity contribution in [2.75, 3.05) is 13.1 Å². The van der Waals surface area contributed by atoms with Crippen molar-refractivity contribution in [1.82, 2.24) is 4.90 Å². The summed E-state index contributed by atoms with van der Waals surface area (Å²) in [5.41, 5.74) is -0.591. The van der Waals surface area contributed by atoms with Gasteiger partial charge in [-0.1, -0.05) is 0 Å². The highest BCUT2D eigenvalue weighted by atomic mass is 19.2. The number of ether oxygens (including phenoxy) is 2. The van der Waals surface area contributed by atoms with Crippen LogP contribution in [0.1, 0.15) is 20.8 Å². The molecule has 1 aliphatic rings. The maximum atomic E-state index is 13.0. The van der Waals surface area contributed by atoms with Crippen LogP contribution in [0.25, 0.3) is 0 Å². The normalized spacial score (nSPS) is 15.6. The summed E-state index contributed by atoms with van der Waals surface area (Å²) in [6.07, 6.45) is -0.874. The molecule has 0 aliphatic carbocycles. The average Bonchev–Trinajstić information content (AvgIpc) is 2.27. The van der Waals surface area contributed by atoms with Gasteiger partial charge in [0.05, 0.1) is 13.1 Å². The first-order chi connectivity index (χ1) is 9.65. The quantitative estimate of drug-likeness (QED) is 0.788. The summed E-state index contributed by atoms with van der Waals surface area (Å²) in [7, 11) is 0. The van der Waals surface area contributed by atoms with E-state index in [4.69, 9.17) is 9.47 Å². The molecular formula is C14H16F3NO3. The van der Waals surface area contributed by atoms with Crippen LogP contribution in [-0.2, 0) is 4.74 Å². The van der Waals surface area contributed by atoms with Crippen LogP contribution in [0.5, 0.6) is 5.75 Å². The molecule has 0 radical (unpaired) electrons. The van der Waals surface area contributed by atoms with Gasteiger partial charge in [-0.15, -0.1) is 0 Å². The van der Waals surface area contributed by atoms with E-state index in [0.717, 1.165) is 12.1 Å². The smallest absolute Gasteiger partial charge is 0.410 e. The van der Waals surface area contributed by atoms with Crippen molar-refractivity contribution in [1.29, 1.82) is 0 Å². The Kier molecular flexibility index (Phi) is 4.02. The van der Waals surface area contributed by atoms with Crippen LogP contribution in [0, 0.1) is 17.5 Å². The molecule has 1 saturated heterocycles. The number of rotatable bonds is 2. The predicted molar refractivity (Wildman–Crippen MR) is 68.5 cm³/mol. The first-order valence-electron chi connectivity index (χ1n) is 6.45. The van der Waals surface area contributed by atoms with Crippen molar-refractivity contribution in [3.8, 4) is 5.75 Å². The first-order valence-corrected chi connectivity index (χ1v) is 6.45. The van der Waals surface area contributed by atoms with Gasteiger partial charge in [-0.25, -0.2) is 18.0 Å². The Hall–Kier alpha value is -1.92. The van der Waals surface area contributed by atoms with Crippen LogP contribution in [-0.4, -0.2) is 35.8 Å². The summed E-state index contributed by atoms with van der Waals surface area (Å²) in [5.74, 6) is -4.27. The van der Waals surface area contributed by atoms with Crippen molar-refractivity contribution in [3.05, 3.63) is 29.6 Å². The second-order valence-electron chi connectivity index (χ2n) is 5.83. The number of hydrogen-bond acceptors (Lipinski definition) is 3. The van der Waals surface area contributed by atoms with E-state index in [-0.39, 0.29) is 18.8 Å². The lowest BCUT2D eigenvalue weighted by Crippen LogP contribution is -2.57. The summed E-state index contributed by atoms with van der Waals surface area (Å²) in [4.78, 5) is 13.1. The highest BCUT2D eigenvalue weighted by Crippen LogP contribution is 2.23. The largest absolute Gasteiger partial charge is 0.486 e. The number of likely N-dealkylation sites (tertiary alicyclic amines) is 1. The fourth-order valence-electron chi connectivity index (χ4n) is 1.78. The van der Waals surface area contributed by atoms with Crippen molar-refractivity contribution in [2.24, 2.45) is 0 Å². The highest BCUT2D eigenvalue weighted by Gasteiger charge is 2.35. The molecule has 2 rings (SSSR count). The Morgan fingerprint density at radius 2 is 1.71 bits per heavy atom. The van der Waals surface area contributed by atoms with Gasteiger partial charge in [0.25, 0.3) is 0 Å². The van der Waals surface area contributed by atoms with Gasteiger partial charge in [-0.05, 0) is 20.8 Å². The van der Waals surface area contributed by atoms with E-state index in [1.54, 1.807) is 20.8 Å². The zero-order chi connectivity index (χ0) is 15.8. The molecule has 0 atom stereocenters. The van der Waals surface area contributed by atoms with Gasteiger partial charge in [-0.3, -0.25) is 0 Å².